The quantitative estimate of drug-likeness (QED) is 0.792. The summed E-state index contributed by atoms with van der Waals surface area (Å²) in [5.41, 5.74) is -0.852. The topological polar surface area (TPSA) is 84.9 Å². The van der Waals surface area contributed by atoms with Crippen LogP contribution < -0.4 is 15.6 Å². The van der Waals surface area contributed by atoms with Crippen LogP contribution in [0, 0.1) is 0 Å². The number of amides is 1. The molecule has 132 valence electrons. The Balaban J connectivity index is 2.86. The minimum absolute atomic E-state index is 0.0635. The number of alkyl carbamates (subject to hydrolysis) is 1. The molecular formula is C17H24N2O5. The molecule has 7 heteroatoms. The smallest absolute Gasteiger partial charge is 0.407 e. The Labute approximate surface area is 145 Å². The van der Waals surface area contributed by atoms with Crippen LogP contribution in [0.1, 0.15) is 24.9 Å². The monoisotopic (exact) mass is 339 g/mol. The Kier molecular flexibility index (Phi) is 5.56. The molecule has 24 heavy (non-hydrogen) atoms. The van der Waals surface area contributed by atoms with E-state index in [0.29, 0.717) is 0 Å². The van der Waals surface area contributed by atoms with Gasteiger partial charge in [-0.3, -0.25) is 9.59 Å². The number of hydrogen-bond donors (Lipinski definition) is 1. The van der Waals surface area contributed by atoms with Crippen LogP contribution in [0.3, 0.4) is 0 Å². The number of carbonyl (C=O) groups excluding carboxylic acids is 2. The lowest BCUT2D eigenvalue weighted by atomic mass is 10.2. The molecule has 0 saturated heterocycles. The second kappa shape index (κ2) is 8.90. The van der Waals surface area contributed by atoms with Gasteiger partial charge in [0.2, 0.25) is 5.43 Å². The molecule has 0 atom stereocenters. The SMILES string of the molecule is [2H]C([2H])([2H])OC(=O)CN(CCNC(=O)OC(C)(C)C)c1cccccc1=O. The van der Waals surface area contributed by atoms with Crippen molar-refractivity contribution in [1.82, 2.24) is 5.32 Å². The molecule has 0 spiro atoms. The van der Waals surface area contributed by atoms with Gasteiger partial charge < -0.3 is 19.7 Å². The van der Waals surface area contributed by atoms with Crippen molar-refractivity contribution in [2.45, 2.75) is 26.4 Å². The molecule has 0 radical (unpaired) electrons. The van der Waals surface area contributed by atoms with Gasteiger partial charge in [-0.1, -0.05) is 18.2 Å². The maximum Gasteiger partial charge on any atom is 0.407 e. The van der Waals surface area contributed by atoms with Crippen molar-refractivity contribution in [2.75, 3.05) is 31.6 Å². The fraction of sp³-hybridized carbons (Fsp3) is 0.471. The highest BCUT2D eigenvalue weighted by atomic mass is 16.6. The highest BCUT2D eigenvalue weighted by molar-refractivity contribution is 5.75. The predicted molar refractivity (Wildman–Crippen MR) is 91.2 cm³/mol. The lowest BCUT2D eigenvalue weighted by molar-refractivity contribution is -0.138. The minimum atomic E-state index is -2.88. The van der Waals surface area contributed by atoms with E-state index in [2.05, 4.69) is 10.1 Å². The van der Waals surface area contributed by atoms with Crippen molar-refractivity contribution >= 4 is 17.7 Å². The Morgan fingerprint density at radius 3 is 2.62 bits per heavy atom. The van der Waals surface area contributed by atoms with E-state index >= 15 is 0 Å². The standard InChI is InChI=1S/C17H24N2O5/c1-17(2,3)24-16(22)18-10-11-19(12-15(21)23-4)13-8-6-5-7-9-14(13)20/h5-9H,10-12H2,1-4H3,(H,18,22)/i4D3. The third-order valence-corrected chi connectivity index (χ3v) is 2.80. The van der Waals surface area contributed by atoms with Crippen LogP contribution in [0.2, 0.25) is 0 Å². The summed E-state index contributed by atoms with van der Waals surface area (Å²) in [5.74, 6) is -1.02. The van der Waals surface area contributed by atoms with Gasteiger partial charge in [0.25, 0.3) is 0 Å². The van der Waals surface area contributed by atoms with Crippen LogP contribution in [0.15, 0.2) is 35.1 Å². The van der Waals surface area contributed by atoms with Gasteiger partial charge in [-0.05, 0) is 32.9 Å². The molecule has 7 nitrogen and oxygen atoms in total. The highest BCUT2D eigenvalue weighted by Crippen LogP contribution is 2.08. The molecule has 1 amide bonds. The second-order valence-electron chi connectivity index (χ2n) is 5.98. The first-order chi connectivity index (χ1) is 12.4. The number of esters is 1. The molecule has 0 aliphatic heterocycles. The van der Waals surface area contributed by atoms with Crippen molar-refractivity contribution in [3.63, 3.8) is 0 Å². The zero-order chi connectivity index (χ0) is 20.7. The Morgan fingerprint density at radius 1 is 1.25 bits per heavy atom. The number of ether oxygens (including phenoxy) is 2. The maximum absolute atomic E-state index is 12.2. The van der Waals surface area contributed by atoms with Gasteiger partial charge >= 0.3 is 12.1 Å². The number of hydrogen-bond acceptors (Lipinski definition) is 6. The third-order valence-electron chi connectivity index (χ3n) is 2.80. The van der Waals surface area contributed by atoms with E-state index in [1.165, 1.54) is 17.0 Å². The Hall–Kier alpha value is -2.57. The molecule has 1 aromatic rings. The van der Waals surface area contributed by atoms with Gasteiger partial charge in [0.05, 0.1) is 16.8 Å². The van der Waals surface area contributed by atoms with Crippen molar-refractivity contribution in [1.29, 1.82) is 0 Å². The van der Waals surface area contributed by atoms with Crippen molar-refractivity contribution in [3.8, 4) is 0 Å². The number of anilines is 1. The zero-order valence-electron chi connectivity index (χ0n) is 17.0. The molecule has 0 bridgehead atoms. The summed E-state index contributed by atoms with van der Waals surface area (Å²) in [5, 5.41) is 2.52. The summed E-state index contributed by atoms with van der Waals surface area (Å²) in [6.07, 6.45) is -0.645. The van der Waals surface area contributed by atoms with E-state index in [-0.39, 0.29) is 24.2 Å². The van der Waals surface area contributed by atoms with E-state index in [1.807, 2.05) is 0 Å². The third kappa shape index (κ3) is 7.13. The second-order valence-corrected chi connectivity index (χ2v) is 5.98. The molecule has 0 aromatic heterocycles. The summed E-state index contributed by atoms with van der Waals surface area (Å²) < 4.78 is 30.5. The first-order valence-electron chi connectivity index (χ1n) is 8.90. The predicted octanol–water partition coefficient (Wildman–Crippen LogP) is 1.55. The van der Waals surface area contributed by atoms with Crippen LogP contribution in [0.5, 0.6) is 0 Å². The van der Waals surface area contributed by atoms with Crippen molar-refractivity contribution in [2.24, 2.45) is 0 Å². The molecule has 0 aliphatic carbocycles. The average Bonchev–Trinajstić information content (AvgIpc) is 2.67. The highest BCUT2D eigenvalue weighted by Gasteiger charge is 2.17. The summed E-state index contributed by atoms with van der Waals surface area (Å²) in [7, 11) is -2.88. The van der Waals surface area contributed by atoms with E-state index in [9.17, 15) is 14.4 Å². The summed E-state index contributed by atoms with van der Waals surface area (Å²) >= 11 is 0. The van der Waals surface area contributed by atoms with Gasteiger partial charge in [-0.25, -0.2) is 4.79 Å². The number of methoxy groups -OCH3 is 1. The van der Waals surface area contributed by atoms with E-state index in [1.54, 1.807) is 39.0 Å². The van der Waals surface area contributed by atoms with Gasteiger partial charge in [-0.2, -0.15) is 0 Å². The van der Waals surface area contributed by atoms with E-state index < -0.39 is 31.2 Å². The van der Waals surface area contributed by atoms with Gasteiger partial charge in [0.1, 0.15) is 12.1 Å². The lowest BCUT2D eigenvalue weighted by Gasteiger charge is -2.23. The average molecular weight is 339 g/mol. The molecule has 1 rings (SSSR count). The first-order valence-corrected chi connectivity index (χ1v) is 7.40. The summed E-state index contributed by atoms with van der Waals surface area (Å²) in [4.78, 5) is 37.1. The molecule has 1 N–H and O–H groups in total. The largest absolute Gasteiger partial charge is 0.468 e. The van der Waals surface area contributed by atoms with Gasteiger partial charge in [0.15, 0.2) is 0 Å². The Bertz CT molecular complexity index is 717. The van der Waals surface area contributed by atoms with Crippen LogP contribution in [-0.2, 0) is 14.3 Å². The van der Waals surface area contributed by atoms with Gasteiger partial charge in [-0.15, -0.1) is 0 Å². The minimum Gasteiger partial charge on any atom is -0.468 e. The van der Waals surface area contributed by atoms with Crippen LogP contribution >= 0.6 is 0 Å². The Morgan fingerprint density at radius 2 is 1.96 bits per heavy atom. The molecule has 0 unspecified atom stereocenters. The van der Waals surface area contributed by atoms with Crippen LogP contribution in [-0.4, -0.2) is 44.3 Å². The van der Waals surface area contributed by atoms with Crippen LogP contribution in [0.4, 0.5) is 10.5 Å². The first kappa shape index (κ1) is 15.0. The normalized spacial score (nSPS) is 13.0. The fourth-order valence-corrected chi connectivity index (χ4v) is 1.86. The molecule has 1 aromatic carbocycles. The summed E-state index contributed by atoms with van der Waals surface area (Å²) in [6.45, 7) is 4.82. The fourth-order valence-electron chi connectivity index (χ4n) is 1.86. The van der Waals surface area contributed by atoms with Crippen molar-refractivity contribution in [3.05, 3.63) is 40.6 Å². The number of nitrogens with one attached hydrogen (secondary N) is 1. The number of rotatable bonds is 6. The number of nitrogens with zero attached hydrogens (tertiary/aromatic N) is 1. The van der Waals surface area contributed by atoms with E-state index in [0.717, 1.165) is 0 Å². The van der Waals surface area contributed by atoms with Gasteiger partial charge in [0, 0.05) is 13.1 Å². The number of carbonyl (C=O) groups is 2. The molecule has 0 aliphatic rings. The zero-order valence-corrected chi connectivity index (χ0v) is 14.0. The molecule has 0 heterocycles. The van der Waals surface area contributed by atoms with E-state index in [4.69, 9.17) is 8.85 Å². The molecule has 0 fully saturated rings. The summed E-state index contributed by atoms with van der Waals surface area (Å²) in [6, 6.07) is 7.61. The molecular weight excluding hydrogens is 312 g/mol. The maximum atomic E-state index is 12.2. The van der Waals surface area contributed by atoms with Crippen LogP contribution in [0.25, 0.3) is 0 Å². The molecule has 0 saturated carbocycles. The lowest BCUT2D eigenvalue weighted by Crippen LogP contribution is -2.41. The van der Waals surface area contributed by atoms with Crippen molar-refractivity contribution < 1.29 is 23.2 Å².